The summed E-state index contributed by atoms with van der Waals surface area (Å²) < 4.78 is 12.8. The molecule has 18 rings (SSSR count). The number of thiazole rings is 1. The highest BCUT2D eigenvalue weighted by molar-refractivity contribution is 7.17. The van der Waals surface area contributed by atoms with Gasteiger partial charge < -0.3 is 8.83 Å². The number of thiophene rings is 1. The van der Waals surface area contributed by atoms with Crippen LogP contribution >= 0.6 is 22.7 Å². The molecule has 0 atom stereocenters. The number of furan rings is 1. The minimum absolute atomic E-state index is 0.845. The van der Waals surface area contributed by atoms with Gasteiger partial charge in [0.15, 0.2) is 12.0 Å². The van der Waals surface area contributed by atoms with Crippen molar-refractivity contribution in [3.8, 4) is 11.1 Å². The molecule has 0 aliphatic heterocycles. The van der Waals surface area contributed by atoms with E-state index in [1.54, 1.807) is 28.9 Å². The maximum absolute atomic E-state index is 5.12. The molecule has 0 spiro atoms. The number of rotatable bonds is 1. The van der Waals surface area contributed by atoms with Gasteiger partial charge in [-0.1, -0.05) is 255 Å². The highest BCUT2D eigenvalue weighted by Crippen LogP contribution is 2.21. The van der Waals surface area contributed by atoms with E-state index >= 15 is 0 Å². The van der Waals surface area contributed by atoms with Gasteiger partial charge in [-0.2, -0.15) is 0 Å². The van der Waals surface area contributed by atoms with Crippen molar-refractivity contribution in [1.29, 1.82) is 0 Å². The van der Waals surface area contributed by atoms with Gasteiger partial charge in [0, 0.05) is 34.1 Å². The van der Waals surface area contributed by atoms with Crippen LogP contribution in [0.1, 0.15) is 11.1 Å². The second-order valence-corrected chi connectivity index (χ2v) is 21.2. The average molecular weight is 1160 g/mol. The van der Waals surface area contributed by atoms with E-state index in [1.807, 2.05) is 151 Å². The Morgan fingerprint density at radius 2 is 0.851 bits per heavy atom. The van der Waals surface area contributed by atoms with Crippen molar-refractivity contribution in [3.05, 3.63) is 369 Å². The lowest BCUT2D eigenvalue weighted by atomic mass is 10.1. The second-order valence-electron chi connectivity index (χ2n) is 19.4. The molecule has 0 fully saturated rings. The Hall–Kier alpha value is -10.9. The molecule has 0 radical (unpaired) electrons. The molecule has 8 heteroatoms. The predicted octanol–water partition coefficient (Wildman–Crippen LogP) is 22.4. The predicted molar refractivity (Wildman–Crippen MR) is 370 cm³/mol. The summed E-state index contributed by atoms with van der Waals surface area (Å²) in [6.07, 6.45) is 14.1. The van der Waals surface area contributed by atoms with Crippen LogP contribution in [-0.4, -0.2) is 19.9 Å². The van der Waals surface area contributed by atoms with E-state index in [0.29, 0.717) is 0 Å². The van der Waals surface area contributed by atoms with Crippen LogP contribution in [0.25, 0.3) is 92.0 Å². The minimum atomic E-state index is 0.845. The molecule has 6 heterocycles. The zero-order chi connectivity index (χ0) is 59.2. The van der Waals surface area contributed by atoms with Crippen molar-refractivity contribution in [1.82, 2.24) is 19.9 Å². The van der Waals surface area contributed by atoms with E-state index in [2.05, 4.69) is 219 Å². The van der Waals surface area contributed by atoms with Crippen molar-refractivity contribution < 1.29 is 8.83 Å². The molecule has 6 aromatic heterocycles. The number of oxazole rings is 1. The van der Waals surface area contributed by atoms with E-state index in [4.69, 9.17) is 8.83 Å². The van der Waals surface area contributed by atoms with Crippen molar-refractivity contribution in [2.45, 2.75) is 6.42 Å². The Kier molecular flexibility index (Phi) is 22.4. The maximum Gasteiger partial charge on any atom is 0.181 e. The van der Waals surface area contributed by atoms with Crippen molar-refractivity contribution >= 4 is 104 Å². The fourth-order valence-corrected chi connectivity index (χ4v) is 10.5. The molecule has 0 bridgehead atoms. The van der Waals surface area contributed by atoms with Crippen LogP contribution in [0.5, 0.6) is 0 Å². The fourth-order valence-electron chi connectivity index (χ4n) is 9.05. The van der Waals surface area contributed by atoms with Crippen LogP contribution in [0.4, 0.5) is 0 Å². The summed E-state index contributed by atoms with van der Waals surface area (Å²) in [5.41, 5.74) is 12.1. The molecule has 11 aromatic carbocycles. The Morgan fingerprint density at radius 1 is 0.322 bits per heavy atom. The standard InChI is InChI=1S/C12H10.C10H8.2C9H7N.C9H8.C8H6O.C8H6S.C7H5NO.C7H5NS/c1-3-7-11(8-4-1)12-9-5-2-6-10-12;1-2-6-10-8-4-3-7-9(10)5-1;1-2-6-9-8(4-1)5-3-7-10-9;1-2-4-9-7-10-6-5-8(9)3-1;1-2-5-9-7-3-6-8(9)4-1;2*1-2-4-8-7(3-1)5-6-9-8;2*1-2-4-7-6(3-1)8-5-9-7/h1-10H;1-8H;2*1-7H;1-6H,7H2;2*1-6H;2*1-5H. The molecule has 0 N–H and O–H groups in total. The molecule has 1 aliphatic carbocycles. The van der Waals surface area contributed by atoms with Crippen LogP contribution in [0.2, 0.25) is 0 Å². The Balaban J connectivity index is 0.000000108. The smallest absolute Gasteiger partial charge is 0.181 e. The van der Waals surface area contributed by atoms with Crippen molar-refractivity contribution in [3.63, 3.8) is 0 Å². The average Bonchev–Trinajstić information content (AvgIpc) is 4.63. The van der Waals surface area contributed by atoms with E-state index in [9.17, 15) is 0 Å². The van der Waals surface area contributed by atoms with Gasteiger partial charge in [0.2, 0.25) is 0 Å². The highest BCUT2D eigenvalue weighted by Gasteiger charge is 2.01. The van der Waals surface area contributed by atoms with Crippen LogP contribution in [0.3, 0.4) is 0 Å². The Bertz CT molecular complexity index is 4000. The fraction of sp³-hybridized carbons (Fsp3) is 0.0127. The number of fused-ring (bicyclic) bond motifs is 8. The summed E-state index contributed by atoms with van der Waals surface area (Å²) >= 11 is 3.46. The minimum Gasteiger partial charge on any atom is -0.464 e. The largest absolute Gasteiger partial charge is 0.464 e. The van der Waals surface area contributed by atoms with Gasteiger partial charge in [0.1, 0.15) is 11.1 Å². The van der Waals surface area contributed by atoms with Gasteiger partial charge in [-0.15, -0.1) is 22.7 Å². The quantitative estimate of drug-likeness (QED) is 0.163. The number of pyridine rings is 2. The molecule has 17 aromatic rings. The summed E-state index contributed by atoms with van der Waals surface area (Å²) in [7, 11) is 0. The molecule has 0 amide bonds. The molecule has 6 nitrogen and oxygen atoms in total. The maximum atomic E-state index is 5.12. The van der Waals surface area contributed by atoms with Crippen molar-refractivity contribution in [2.75, 3.05) is 0 Å². The molecule has 422 valence electrons. The number of aromatic nitrogens is 4. The van der Waals surface area contributed by atoms with Gasteiger partial charge in [-0.25, -0.2) is 9.97 Å². The third kappa shape index (κ3) is 18.3. The number of benzene rings is 11. The van der Waals surface area contributed by atoms with Crippen LogP contribution < -0.4 is 0 Å². The SMILES string of the molecule is C1=Cc2ccccc2C1.c1ccc(-c2ccccc2)cc1.c1ccc2ccccc2c1.c1ccc2cnccc2c1.c1ccc2ncccc2c1.c1ccc2occc2c1.c1ccc2ocnc2c1.c1ccc2sccc2c1.c1ccc2scnc2c1. The van der Waals surface area contributed by atoms with Crippen molar-refractivity contribution in [2.24, 2.45) is 0 Å². The Morgan fingerprint density at radius 3 is 1.48 bits per heavy atom. The van der Waals surface area contributed by atoms with Gasteiger partial charge in [0.25, 0.3) is 0 Å². The van der Waals surface area contributed by atoms with Crippen LogP contribution in [-0.2, 0) is 6.42 Å². The van der Waals surface area contributed by atoms with Gasteiger partial charge in [0.05, 0.1) is 27.5 Å². The van der Waals surface area contributed by atoms with Crippen LogP contribution in [0, 0.1) is 0 Å². The van der Waals surface area contributed by atoms with E-state index < -0.39 is 0 Å². The number of hydrogen-bond donors (Lipinski definition) is 0. The highest BCUT2D eigenvalue weighted by atomic mass is 32.1. The van der Waals surface area contributed by atoms with Gasteiger partial charge in [-0.05, 0) is 128 Å². The zero-order valence-electron chi connectivity index (χ0n) is 47.8. The lowest BCUT2D eigenvalue weighted by Gasteiger charge is -1.98. The number of para-hydroxylation sites is 5. The number of nitrogens with zero attached hydrogens (tertiary/aromatic N) is 4. The molecular formula is C79H62N4O2S2. The van der Waals surface area contributed by atoms with Crippen LogP contribution in [0.15, 0.2) is 366 Å². The first-order valence-corrected chi connectivity index (χ1v) is 30.2. The third-order valence-electron chi connectivity index (χ3n) is 13.5. The molecule has 0 saturated carbocycles. The lowest BCUT2D eigenvalue weighted by molar-refractivity contribution is 0.602. The molecule has 0 saturated heterocycles. The summed E-state index contributed by atoms with van der Waals surface area (Å²) in [4.78, 5) is 16.3. The van der Waals surface area contributed by atoms with E-state index in [-0.39, 0.29) is 0 Å². The molecule has 1 aliphatic rings. The summed E-state index contributed by atoms with van der Waals surface area (Å²) in [5, 5.41) is 10.9. The summed E-state index contributed by atoms with van der Waals surface area (Å²) in [5.74, 6) is 0. The molecule has 87 heavy (non-hydrogen) atoms. The second kappa shape index (κ2) is 32.8. The van der Waals surface area contributed by atoms with E-state index in [1.165, 1.54) is 70.4 Å². The molecule has 0 unspecified atom stereocenters. The first-order chi connectivity index (χ1) is 43.2. The third-order valence-corrected chi connectivity index (χ3v) is 15.2. The van der Waals surface area contributed by atoms with E-state index in [0.717, 1.165) is 39.5 Å². The first-order valence-electron chi connectivity index (χ1n) is 28.5. The van der Waals surface area contributed by atoms with Gasteiger partial charge in [-0.3, -0.25) is 9.97 Å². The first kappa shape index (κ1) is 59.3. The Labute approximate surface area is 515 Å². The molecular weight excluding hydrogens is 1100 g/mol. The summed E-state index contributed by atoms with van der Waals surface area (Å²) in [6, 6.07) is 104. The lowest BCUT2D eigenvalue weighted by Crippen LogP contribution is -1.76. The monoisotopic (exact) mass is 1160 g/mol. The van der Waals surface area contributed by atoms with Gasteiger partial charge >= 0.3 is 0 Å². The topological polar surface area (TPSA) is 77.8 Å². The zero-order valence-corrected chi connectivity index (χ0v) is 49.4. The number of allylic oxidation sites excluding steroid dienone is 1. The number of hydrogen-bond acceptors (Lipinski definition) is 8. The normalized spacial score (nSPS) is 10.4. The summed E-state index contributed by atoms with van der Waals surface area (Å²) in [6.45, 7) is 0.